The summed E-state index contributed by atoms with van der Waals surface area (Å²) in [6.45, 7) is 6.08. The van der Waals surface area contributed by atoms with Crippen LogP contribution in [0.25, 0.3) is 22.7 Å². The van der Waals surface area contributed by atoms with Crippen LogP contribution in [0.5, 0.6) is 23.4 Å². The number of aliphatic carboxylic acids is 1. The fraction of sp³-hybridized carbons (Fsp3) is 0.345. The summed E-state index contributed by atoms with van der Waals surface area (Å²) in [6.07, 6.45) is 1.80. The number of ether oxygens (including phenoxy) is 3. The lowest BCUT2D eigenvalue weighted by molar-refractivity contribution is -0.149. The molecule has 1 amide bonds. The summed E-state index contributed by atoms with van der Waals surface area (Å²) in [7, 11) is 0. The van der Waals surface area contributed by atoms with Crippen LogP contribution in [0.4, 0.5) is 4.39 Å². The number of rotatable bonds is 10. The van der Waals surface area contributed by atoms with Crippen molar-refractivity contribution in [2.24, 2.45) is 0 Å². The molecule has 1 unspecified atom stereocenters. The number of halogens is 1. The van der Waals surface area contributed by atoms with Crippen LogP contribution in [-0.2, 0) is 9.59 Å². The summed E-state index contributed by atoms with van der Waals surface area (Å²) in [4.78, 5) is 38.6. The van der Waals surface area contributed by atoms with Crippen LogP contribution in [0.2, 0.25) is 0 Å². The van der Waals surface area contributed by atoms with Gasteiger partial charge in [-0.05, 0) is 68.5 Å². The number of carboxylic acid groups (broad SMARTS) is 1. The maximum atomic E-state index is 14.2. The first-order valence-corrected chi connectivity index (χ1v) is 13.3. The van der Waals surface area contributed by atoms with Gasteiger partial charge < -0.3 is 28.6 Å². The van der Waals surface area contributed by atoms with Gasteiger partial charge in [0.25, 0.3) is 17.5 Å². The quantitative estimate of drug-likeness (QED) is 0.278. The van der Waals surface area contributed by atoms with Crippen LogP contribution in [0.1, 0.15) is 37.3 Å². The topological polar surface area (TPSA) is 137 Å². The number of amides is 1. The Morgan fingerprint density at radius 1 is 1.12 bits per heavy atom. The molecule has 0 spiro atoms. The molecule has 1 atom stereocenters. The number of carbonyl (C=O) groups excluding carboxylic acids is 1. The highest BCUT2D eigenvalue weighted by Crippen LogP contribution is 2.34. The van der Waals surface area contributed by atoms with Gasteiger partial charge in [0.15, 0.2) is 23.7 Å². The molecule has 3 heterocycles. The van der Waals surface area contributed by atoms with Crippen LogP contribution >= 0.6 is 0 Å². The van der Waals surface area contributed by atoms with Crippen LogP contribution in [0, 0.1) is 19.7 Å². The highest BCUT2D eigenvalue weighted by molar-refractivity contribution is 5.85. The van der Waals surface area contributed by atoms with Gasteiger partial charge in [-0.15, -0.1) is 0 Å². The average Bonchev–Trinajstić information content (AvgIpc) is 3.60. The number of fused-ring (bicyclic) bond motifs is 1. The highest BCUT2D eigenvalue weighted by Gasteiger charge is 2.34. The third-order valence-corrected chi connectivity index (χ3v) is 6.59. The van der Waals surface area contributed by atoms with Gasteiger partial charge in [0.2, 0.25) is 5.89 Å². The van der Waals surface area contributed by atoms with E-state index in [1.54, 1.807) is 24.3 Å². The summed E-state index contributed by atoms with van der Waals surface area (Å²) in [5, 5.41) is 9.36. The maximum Gasteiger partial charge on any atom is 0.328 e. The standard InChI is InChI=1S/C29H29FN4O7/c1-4-12-38-26-23-27(33-29(32-26)40-21-10-6-5-8-19(21)30)41-25(31-23)18-13-16(2)24(17(3)14-18)39-15-22(35)34-11-7-9-20(34)28(36)37/h5-6,8,10,13-14,20H,4,7,9,11-12,15H2,1-3H3,(H,36,37). The number of carboxylic acids is 1. The van der Waals surface area contributed by atoms with E-state index in [0.717, 1.165) is 17.5 Å². The summed E-state index contributed by atoms with van der Waals surface area (Å²) in [5.74, 6) is -1.09. The molecule has 1 saturated heterocycles. The average molecular weight is 565 g/mol. The predicted octanol–water partition coefficient (Wildman–Crippen LogP) is 5.08. The molecule has 2 aromatic carbocycles. The molecule has 214 valence electrons. The SMILES string of the molecule is CCCOc1nc(Oc2ccccc2F)nc2oc(-c3cc(C)c(OCC(=O)N4CCCC4C(=O)O)c(C)c3)nc12. The molecule has 0 radical (unpaired) electrons. The van der Waals surface area contributed by atoms with E-state index in [4.69, 9.17) is 18.6 Å². The molecular formula is C29H29FN4O7. The predicted molar refractivity (Wildman–Crippen MR) is 145 cm³/mol. The van der Waals surface area contributed by atoms with E-state index < -0.39 is 17.8 Å². The second kappa shape index (κ2) is 11.8. The lowest BCUT2D eigenvalue weighted by Crippen LogP contribution is -2.42. The van der Waals surface area contributed by atoms with Crippen molar-refractivity contribution < 1.29 is 37.7 Å². The monoisotopic (exact) mass is 564 g/mol. The number of nitrogens with zero attached hydrogens (tertiary/aromatic N) is 4. The summed E-state index contributed by atoms with van der Waals surface area (Å²) in [5.41, 5.74) is 2.47. The molecule has 1 fully saturated rings. The number of para-hydroxylation sites is 1. The lowest BCUT2D eigenvalue weighted by atomic mass is 10.1. The fourth-order valence-corrected chi connectivity index (χ4v) is 4.71. The molecular weight excluding hydrogens is 535 g/mol. The van der Waals surface area contributed by atoms with Gasteiger partial charge >= 0.3 is 12.0 Å². The molecule has 12 heteroatoms. The van der Waals surface area contributed by atoms with E-state index in [1.165, 1.54) is 17.0 Å². The summed E-state index contributed by atoms with van der Waals surface area (Å²) >= 11 is 0. The van der Waals surface area contributed by atoms with E-state index >= 15 is 0 Å². The van der Waals surface area contributed by atoms with E-state index in [1.807, 2.05) is 20.8 Å². The number of carbonyl (C=O) groups is 2. The number of aromatic nitrogens is 3. The van der Waals surface area contributed by atoms with Crippen LogP contribution in [0.15, 0.2) is 40.8 Å². The number of hydrogen-bond acceptors (Lipinski definition) is 9. The Kier molecular flexibility index (Phi) is 7.99. The smallest absolute Gasteiger partial charge is 0.328 e. The highest BCUT2D eigenvalue weighted by atomic mass is 19.1. The zero-order chi connectivity index (χ0) is 29.1. The normalized spacial score (nSPS) is 14.8. The van der Waals surface area contributed by atoms with Crippen molar-refractivity contribution in [3.05, 3.63) is 53.3 Å². The molecule has 0 aliphatic carbocycles. The molecule has 1 aliphatic heterocycles. The zero-order valence-electron chi connectivity index (χ0n) is 22.8. The minimum Gasteiger partial charge on any atom is -0.483 e. The fourth-order valence-electron chi connectivity index (χ4n) is 4.71. The van der Waals surface area contributed by atoms with Gasteiger partial charge in [-0.3, -0.25) is 4.79 Å². The summed E-state index contributed by atoms with van der Waals surface area (Å²) in [6, 6.07) is 8.52. The van der Waals surface area contributed by atoms with E-state index in [9.17, 15) is 19.1 Å². The minimum absolute atomic E-state index is 0.0448. The van der Waals surface area contributed by atoms with Crippen LogP contribution in [-0.4, -0.2) is 62.6 Å². The van der Waals surface area contributed by atoms with Gasteiger partial charge in [0.1, 0.15) is 11.8 Å². The number of aryl methyl sites for hydroxylation is 2. The van der Waals surface area contributed by atoms with E-state index in [2.05, 4.69) is 15.0 Å². The van der Waals surface area contributed by atoms with Crippen molar-refractivity contribution in [3.8, 4) is 34.8 Å². The maximum absolute atomic E-state index is 14.2. The van der Waals surface area contributed by atoms with E-state index in [0.29, 0.717) is 37.3 Å². The third kappa shape index (κ3) is 5.91. The molecule has 2 aromatic heterocycles. The molecule has 1 N–H and O–H groups in total. The largest absolute Gasteiger partial charge is 0.483 e. The first-order valence-electron chi connectivity index (χ1n) is 13.3. The molecule has 4 aromatic rings. The van der Waals surface area contributed by atoms with Crippen molar-refractivity contribution in [3.63, 3.8) is 0 Å². The van der Waals surface area contributed by atoms with Gasteiger partial charge in [0.05, 0.1) is 6.61 Å². The van der Waals surface area contributed by atoms with Gasteiger partial charge in [0, 0.05) is 12.1 Å². The molecule has 0 bridgehead atoms. The van der Waals surface area contributed by atoms with Gasteiger partial charge in [-0.25, -0.2) is 14.2 Å². The van der Waals surface area contributed by atoms with Crippen molar-refractivity contribution in [2.75, 3.05) is 19.8 Å². The number of likely N-dealkylation sites (tertiary alicyclic amines) is 1. The molecule has 5 rings (SSSR count). The van der Waals surface area contributed by atoms with Crippen molar-refractivity contribution in [1.29, 1.82) is 0 Å². The Balaban J connectivity index is 1.40. The van der Waals surface area contributed by atoms with Crippen LogP contribution in [0.3, 0.4) is 0 Å². The first-order chi connectivity index (χ1) is 19.7. The molecule has 11 nitrogen and oxygen atoms in total. The Morgan fingerprint density at radius 3 is 2.59 bits per heavy atom. The Morgan fingerprint density at radius 2 is 1.88 bits per heavy atom. The molecule has 0 saturated carbocycles. The van der Waals surface area contributed by atoms with Crippen LogP contribution < -0.4 is 14.2 Å². The minimum atomic E-state index is -1.01. The van der Waals surface area contributed by atoms with E-state index in [-0.39, 0.29) is 47.3 Å². The molecule has 1 aliphatic rings. The number of oxazole rings is 1. The zero-order valence-corrected chi connectivity index (χ0v) is 22.8. The van der Waals surface area contributed by atoms with Gasteiger partial charge in [-0.1, -0.05) is 19.1 Å². The number of hydrogen-bond donors (Lipinski definition) is 1. The Bertz CT molecular complexity index is 1580. The molecule has 41 heavy (non-hydrogen) atoms. The van der Waals surface area contributed by atoms with Gasteiger partial charge in [-0.2, -0.15) is 9.97 Å². The first kappa shape index (κ1) is 27.8. The Labute approximate surface area is 234 Å². The van der Waals surface area contributed by atoms with Crippen molar-refractivity contribution >= 4 is 23.1 Å². The third-order valence-electron chi connectivity index (χ3n) is 6.59. The van der Waals surface area contributed by atoms with Crippen molar-refractivity contribution in [2.45, 2.75) is 46.1 Å². The second-order valence-corrected chi connectivity index (χ2v) is 9.68. The lowest BCUT2D eigenvalue weighted by Gasteiger charge is -2.22. The number of benzene rings is 2. The Hall–Kier alpha value is -4.74. The summed E-state index contributed by atoms with van der Waals surface area (Å²) < 4.78 is 37.3. The second-order valence-electron chi connectivity index (χ2n) is 9.68. The van der Waals surface area contributed by atoms with Crippen molar-refractivity contribution in [1.82, 2.24) is 19.9 Å².